The molecule has 0 unspecified atom stereocenters. The summed E-state index contributed by atoms with van der Waals surface area (Å²) in [5.74, 6) is 0.597. The highest BCUT2D eigenvalue weighted by Gasteiger charge is 2.06. The van der Waals surface area contributed by atoms with Gasteiger partial charge in [0, 0.05) is 28.8 Å². The van der Waals surface area contributed by atoms with E-state index in [1.165, 1.54) is 13.1 Å². The quantitative estimate of drug-likeness (QED) is 0.510. The summed E-state index contributed by atoms with van der Waals surface area (Å²) in [6.07, 6.45) is 1.41. The fourth-order valence-electron chi connectivity index (χ4n) is 2.35. The van der Waals surface area contributed by atoms with Gasteiger partial charge in [-0.3, -0.25) is 9.59 Å². The highest BCUT2D eigenvalue weighted by molar-refractivity contribution is 6.30. The number of anilines is 1. The molecule has 0 spiro atoms. The van der Waals surface area contributed by atoms with Crippen LogP contribution in [0.4, 0.5) is 5.69 Å². The number of benzene rings is 2. The maximum Gasteiger partial charge on any atom is 0.271 e. The highest BCUT2D eigenvalue weighted by Crippen LogP contribution is 2.24. The van der Waals surface area contributed by atoms with E-state index in [0.717, 1.165) is 5.56 Å². The second-order valence-corrected chi connectivity index (χ2v) is 6.11. The first-order valence-corrected chi connectivity index (χ1v) is 8.46. The minimum Gasteiger partial charge on any atom is -0.455 e. The average molecular weight is 382 g/mol. The van der Waals surface area contributed by atoms with Crippen LogP contribution >= 0.6 is 11.6 Å². The summed E-state index contributed by atoms with van der Waals surface area (Å²) < 4.78 is 5.67. The fraction of sp³-hybridized carbons (Fsp3) is 0.0500. The summed E-state index contributed by atoms with van der Waals surface area (Å²) in [6.45, 7) is 1.42. The number of furan rings is 1. The van der Waals surface area contributed by atoms with Crippen molar-refractivity contribution < 1.29 is 14.0 Å². The van der Waals surface area contributed by atoms with Crippen molar-refractivity contribution in [2.45, 2.75) is 6.92 Å². The minimum absolute atomic E-state index is 0.174. The summed E-state index contributed by atoms with van der Waals surface area (Å²) >= 11 is 5.98. The van der Waals surface area contributed by atoms with Gasteiger partial charge in [-0.2, -0.15) is 5.10 Å². The zero-order valence-corrected chi connectivity index (χ0v) is 15.2. The van der Waals surface area contributed by atoms with E-state index in [4.69, 9.17) is 16.0 Å². The Labute approximate surface area is 160 Å². The molecule has 6 nitrogen and oxygen atoms in total. The smallest absolute Gasteiger partial charge is 0.271 e. The number of carbonyl (C=O) groups is 2. The van der Waals surface area contributed by atoms with E-state index in [9.17, 15) is 9.59 Å². The molecule has 0 saturated heterocycles. The lowest BCUT2D eigenvalue weighted by Crippen LogP contribution is -2.17. The molecule has 2 aromatic carbocycles. The molecule has 7 heteroatoms. The Hall–Kier alpha value is -3.38. The summed E-state index contributed by atoms with van der Waals surface area (Å²) in [5.41, 5.74) is 4.31. The molecule has 2 amide bonds. The maximum absolute atomic E-state index is 12.1. The van der Waals surface area contributed by atoms with E-state index in [1.54, 1.807) is 48.5 Å². The second kappa shape index (κ2) is 8.33. The molecule has 136 valence electrons. The number of nitrogens with zero attached hydrogens (tertiary/aromatic N) is 1. The molecule has 3 rings (SSSR count). The molecule has 27 heavy (non-hydrogen) atoms. The SMILES string of the molecule is CC(=O)Nc1ccc(C(=O)NN=Cc2ccc(-c3cccc(Cl)c3)o2)cc1. The molecule has 0 aliphatic heterocycles. The van der Waals surface area contributed by atoms with Crippen LogP contribution in [0.5, 0.6) is 0 Å². The third kappa shape index (κ3) is 5.05. The largest absolute Gasteiger partial charge is 0.455 e. The molecule has 3 aromatic rings. The molecular weight excluding hydrogens is 366 g/mol. The summed E-state index contributed by atoms with van der Waals surface area (Å²) in [4.78, 5) is 23.1. The number of nitrogens with one attached hydrogen (secondary N) is 2. The van der Waals surface area contributed by atoms with E-state index < -0.39 is 0 Å². The van der Waals surface area contributed by atoms with E-state index >= 15 is 0 Å². The van der Waals surface area contributed by atoms with Gasteiger partial charge >= 0.3 is 0 Å². The van der Waals surface area contributed by atoms with Crippen molar-refractivity contribution in [3.8, 4) is 11.3 Å². The summed E-state index contributed by atoms with van der Waals surface area (Å²) in [6, 6.07) is 17.3. The Balaban J connectivity index is 1.60. The van der Waals surface area contributed by atoms with Gasteiger partial charge in [-0.1, -0.05) is 23.7 Å². The average Bonchev–Trinajstić information content (AvgIpc) is 3.11. The first-order chi connectivity index (χ1) is 13.0. The van der Waals surface area contributed by atoms with Crippen molar-refractivity contribution in [3.05, 3.63) is 77.0 Å². The maximum atomic E-state index is 12.1. The molecule has 0 aliphatic carbocycles. The van der Waals surface area contributed by atoms with Crippen LogP contribution in [0.2, 0.25) is 5.02 Å². The number of amides is 2. The van der Waals surface area contributed by atoms with Gasteiger partial charge < -0.3 is 9.73 Å². The molecule has 0 bridgehead atoms. The first kappa shape index (κ1) is 18.4. The summed E-state index contributed by atoms with van der Waals surface area (Å²) in [7, 11) is 0. The number of halogens is 1. The van der Waals surface area contributed by atoms with Gasteiger partial charge in [0.1, 0.15) is 11.5 Å². The Bertz CT molecular complexity index is 994. The van der Waals surface area contributed by atoms with E-state index in [-0.39, 0.29) is 11.8 Å². The molecule has 0 atom stereocenters. The number of carbonyl (C=O) groups excluding carboxylic acids is 2. The van der Waals surface area contributed by atoms with Crippen molar-refractivity contribution in [2.75, 3.05) is 5.32 Å². The van der Waals surface area contributed by atoms with Gasteiger partial charge in [-0.15, -0.1) is 0 Å². The van der Waals surface area contributed by atoms with Crippen LogP contribution < -0.4 is 10.7 Å². The van der Waals surface area contributed by atoms with Gasteiger partial charge in [0.15, 0.2) is 0 Å². The van der Waals surface area contributed by atoms with Crippen molar-refractivity contribution in [3.63, 3.8) is 0 Å². The van der Waals surface area contributed by atoms with Crippen LogP contribution in [-0.2, 0) is 4.79 Å². The topological polar surface area (TPSA) is 83.7 Å². The van der Waals surface area contributed by atoms with Crippen LogP contribution in [0.1, 0.15) is 23.0 Å². The van der Waals surface area contributed by atoms with Crippen molar-refractivity contribution in [1.82, 2.24) is 5.43 Å². The molecule has 0 aliphatic rings. The molecule has 1 heterocycles. The third-order valence-corrected chi connectivity index (χ3v) is 3.80. The third-order valence-electron chi connectivity index (χ3n) is 3.56. The lowest BCUT2D eigenvalue weighted by molar-refractivity contribution is -0.114. The lowest BCUT2D eigenvalue weighted by Gasteiger charge is -2.03. The van der Waals surface area contributed by atoms with E-state index in [1.807, 2.05) is 12.1 Å². The Morgan fingerprint density at radius 1 is 1.07 bits per heavy atom. The predicted octanol–water partition coefficient (Wildman–Crippen LogP) is 4.32. The molecule has 0 fully saturated rings. The number of hydrogen-bond acceptors (Lipinski definition) is 4. The molecule has 0 radical (unpaired) electrons. The Morgan fingerprint density at radius 3 is 2.56 bits per heavy atom. The Kier molecular flexibility index (Phi) is 5.68. The normalized spacial score (nSPS) is 10.7. The van der Waals surface area contributed by atoms with Gasteiger partial charge in [0.25, 0.3) is 5.91 Å². The zero-order valence-electron chi connectivity index (χ0n) is 14.4. The molecule has 1 aromatic heterocycles. The van der Waals surface area contributed by atoms with Crippen LogP contribution in [-0.4, -0.2) is 18.0 Å². The number of rotatable bonds is 5. The van der Waals surface area contributed by atoms with Crippen LogP contribution in [0, 0.1) is 0 Å². The predicted molar refractivity (Wildman–Crippen MR) is 105 cm³/mol. The van der Waals surface area contributed by atoms with Gasteiger partial charge in [-0.25, -0.2) is 5.43 Å². The van der Waals surface area contributed by atoms with Crippen LogP contribution in [0.25, 0.3) is 11.3 Å². The van der Waals surface area contributed by atoms with Crippen LogP contribution in [0.15, 0.2) is 70.2 Å². The second-order valence-electron chi connectivity index (χ2n) is 5.67. The summed E-state index contributed by atoms with van der Waals surface area (Å²) in [5, 5.41) is 7.15. The van der Waals surface area contributed by atoms with Gasteiger partial charge in [-0.05, 0) is 48.5 Å². The highest BCUT2D eigenvalue weighted by atomic mass is 35.5. The lowest BCUT2D eigenvalue weighted by atomic mass is 10.2. The monoisotopic (exact) mass is 381 g/mol. The van der Waals surface area contributed by atoms with E-state index in [2.05, 4.69) is 15.8 Å². The van der Waals surface area contributed by atoms with Crippen molar-refractivity contribution >= 4 is 35.3 Å². The molecule has 0 saturated carbocycles. The molecular formula is C20H16ClN3O3. The first-order valence-electron chi connectivity index (χ1n) is 8.08. The van der Waals surface area contributed by atoms with Crippen molar-refractivity contribution in [1.29, 1.82) is 0 Å². The standard InChI is InChI=1S/C20H16ClN3O3/c1-13(25)23-17-7-5-14(6-8-17)20(26)24-22-12-18-9-10-19(27-18)15-3-2-4-16(21)11-15/h2-12H,1H3,(H,23,25)(H,24,26). The van der Waals surface area contributed by atoms with Gasteiger partial charge in [0.2, 0.25) is 5.91 Å². The molecule has 2 N–H and O–H groups in total. The van der Waals surface area contributed by atoms with Crippen LogP contribution in [0.3, 0.4) is 0 Å². The minimum atomic E-state index is -0.373. The zero-order chi connectivity index (χ0) is 19.2. The fourth-order valence-corrected chi connectivity index (χ4v) is 2.54. The van der Waals surface area contributed by atoms with E-state index in [0.29, 0.717) is 27.8 Å². The number of hydrogen-bond donors (Lipinski definition) is 2. The van der Waals surface area contributed by atoms with Gasteiger partial charge in [0.05, 0.1) is 6.21 Å². The Morgan fingerprint density at radius 2 is 1.85 bits per heavy atom. The number of hydrazone groups is 1. The van der Waals surface area contributed by atoms with Crippen molar-refractivity contribution in [2.24, 2.45) is 5.10 Å².